The lowest BCUT2D eigenvalue weighted by molar-refractivity contribution is -0.133. The monoisotopic (exact) mass is 375 g/mol. The zero-order valence-corrected chi connectivity index (χ0v) is 14.9. The number of halogens is 1. The molecule has 0 saturated carbocycles. The van der Waals surface area contributed by atoms with Crippen molar-refractivity contribution in [2.75, 3.05) is 19.7 Å². The van der Waals surface area contributed by atoms with Crippen molar-refractivity contribution in [3.63, 3.8) is 0 Å². The first-order valence-corrected chi connectivity index (χ1v) is 8.97. The Morgan fingerprint density at radius 1 is 1.30 bits per heavy atom. The number of nitrogens with zero attached hydrogens (tertiary/aromatic N) is 2. The normalized spacial score (nSPS) is 16.9. The highest BCUT2D eigenvalue weighted by atomic mass is 19.1. The van der Waals surface area contributed by atoms with Crippen molar-refractivity contribution in [3.05, 3.63) is 63.2 Å². The van der Waals surface area contributed by atoms with Crippen LogP contribution in [0.2, 0.25) is 0 Å². The molecular formula is C19H22FN3O4. The first-order valence-electron chi connectivity index (χ1n) is 8.97. The van der Waals surface area contributed by atoms with Crippen LogP contribution in [-0.4, -0.2) is 40.1 Å². The van der Waals surface area contributed by atoms with E-state index in [2.05, 4.69) is 4.98 Å². The van der Waals surface area contributed by atoms with E-state index in [1.165, 1.54) is 29.0 Å². The van der Waals surface area contributed by atoms with Gasteiger partial charge in [0.15, 0.2) is 0 Å². The van der Waals surface area contributed by atoms with E-state index in [1.54, 1.807) is 17.0 Å². The number of carbonyl (C=O) groups excluding carboxylic acids is 1. The fraction of sp³-hybridized carbons (Fsp3) is 0.421. The van der Waals surface area contributed by atoms with Gasteiger partial charge in [0.05, 0.1) is 6.61 Å². The Hall–Kier alpha value is -2.90. The van der Waals surface area contributed by atoms with Gasteiger partial charge in [-0.05, 0) is 25.0 Å². The van der Waals surface area contributed by atoms with Gasteiger partial charge in [-0.15, -0.1) is 0 Å². The zero-order valence-electron chi connectivity index (χ0n) is 14.9. The van der Waals surface area contributed by atoms with Crippen LogP contribution in [0.3, 0.4) is 0 Å². The Morgan fingerprint density at radius 3 is 2.93 bits per heavy atom. The molecule has 7 nitrogen and oxygen atoms in total. The van der Waals surface area contributed by atoms with Crippen molar-refractivity contribution in [1.82, 2.24) is 14.5 Å². The van der Waals surface area contributed by atoms with E-state index >= 15 is 0 Å². The molecule has 1 aromatic heterocycles. The topological polar surface area (TPSA) is 84.4 Å². The number of nitrogens with one attached hydrogen (secondary N) is 1. The van der Waals surface area contributed by atoms with Crippen LogP contribution in [0.4, 0.5) is 4.39 Å². The number of hydrogen-bond acceptors (Lipinski definition) is 4. The van der Waals surface area contributed by atoms with E-state index < -0.39 is 11.2 Å². The predicted octanol–water partition coefficient (Wildman–Crippen LogP) is 1.38. The molecule has 2 heterocycles. The van der Waals surface area contributed by atoms with Crippen LogP contribution in [-0.2, 0) is 11.3 Å². The molecule has 1 aromatic carbocycles. The van der Waals surface area contributed by atoms with E-state index in [0.29, 0.717) is 25.4 Å². The average molecular weight is 375 g/mol. The largest absolute Gasteiger partial charge is 0.493 e. The third kappa shape index (κ3) is 5.29. The molecule has 0 radical (unpaired) electrons. The lowest BCUT2D eigenvalue weighted by Gasteiger charge is -2.32. The number of likely N-dealkylation sites (tertiary alicyclic amines) is 1. The molecule has 2 aromatic rings. The maximum atomic E-state index is 13.2. The van der Waals surface area contributed by atoms with Crippen molar-refractivity contribution >= 4 is 5.91 Å². The van der Waals surface area contributed by atoms with E-state index in [1.807, 2.05) is 0 Å². The van der Waals surface area contributed by atoms with Gasteiger partial charge in [0.1, 0.15) is 11.6 Å². The first-order chi connectivity index (χ1) is 13.0. The van der Waals surface area contributed by atoms with Crippen molar-refractivity contribution in [2.24, 2.45) is 5.92 Å². The second-order valence-corrected chi connectivity index (χ2v) is 6.67. The molecule has 1 aliphatic rings. The number of ether oxygens (including phenoxy) is 1. The number of aromatic amines is 1. The minimum absolute atomic E-state index is 0.0384. The minimum Gasteiger partial charge on any atom is -0.493 e. The Morgan fingerprint density at radius 2 is 2.15 bits per heavy atom. The highest BCUT2D eigenvalue weighted by Gasteiger charge is 2.24. The van der Waals surface area contributed by atoms with Crippen molar-refractivity contribution in [2.45, 2.75) is 25.8 Å². The third-order valence-corrected chi connectivity index (χ3v) is 4.62. The van der Waals surface area contributed by atoms with Crippen LogP contribution >= 0.6 is 0 Å². The van der Waals surface area contributed by atoms with Gasteiger partial charge < -0.3 is 14.2 Å². The summed E-state index contributed by atoms with van der Waals surface area (Å²) in [6.45, 7) is 1.90. The maximum absolute atomic E-state index is 13.2. The molecule has 0 aliphatic carbocycles. The lowest BCUT2D eigenvalue weighted by Crippen LogP contribution is -2.42. The molecule has 1 saturated heterocycles. The summed E-state index contributed by atoms with van der Waals surface area (Å²) in [6.07, 6.45) is 3.39. The van der Waals surface area contributed by atoms with Crippen LogP contribution in [0.15, 0.2) is 46.1 Å². The summed E-state index contributed by atoms with van der Waals surface area (Å²) in [5.74, 6) is 0.284. The van der Waals surface area contributed by atoms with Gasteiger partial charge in [0.25, 0.3) is 5.56 Å². The van der Waals surface area contributed by atoms with Crippen LogP contribution in [0.25, 0.3) is 0 Å². The molecule has 0 unspecified atom stereocenters. The predicted molar refractivity (Wildman–Crippen MR) is 97.1 cm³/mol. The number of benzene rings is 1. The number of amides is 1. The summed E-state index contributed by atoms with van der Waals surface area (Å²) in [5, 5.41) is 0. The molecule has 8 heteroatoms. The minimum atomic E-state index is -0.518. The van der Waals surface area contributed by atoms with Gasteiger partial charge in [-0.2, -0.15) is 0 Å². The van der Waals surface area contributed by atoms with Crippen LogP contribution in [0.5, 0.6) is 5.75 Å². The Kier molecular flexibility index (Phi) is 6.05. The number of rotatable bonds is 6. The Labute approximate surface area is 155 Å². The molecule has 1 amide bonds. The van der Waals surface area contributed by atoms with Crippen LogP contribution in [0, 0.1) is 11.7 Å². The quantitative estimate of drug-likeness (QED) is 0.827. The van der Waals surface area contributed by atoms with Crippen molar-refractivity contribution in [1.29, 1.82) is 0 Å². The van der Waals surface area contributed by atoms with Gasteiger partial charge >= 0.3 is 5.69 Å². The first kappa shape index (κ1) is 18.9. The Balaban J connectivity index is 1.50. The zero-order chi connectivity index (χ0) is 19.2. The second-order valence-electron chi connectivity index (χ2n) is 6.67. The summed E-state index contributed by atoms with van der Waals surface area (Å²) in [6, 6.07) is 7.26. The highest BCUT2D eigenvalue weighted by Crippen LogP contribution is 2.20. The number of H-pyrrole nitrogens is 1. The van der Waals surface area contributed by atoms with Gasteiger partial charge in [0.2, 0.25) is 5.91 Å². The molecule has 1 N–H and O–H groups in total. The van der Waals surface area contributed by atoms with Crippen molar-refractivity contribution in [3.8, 4) is 5.75 Å². The smallest absolute Gasteiger partial charge is 0.328 e. The van der Waals surface area contributed by atoms with E-state index in [9.17, 15) is 18.8 Å². The summed E-state index contributed by atoms with van der Waals surface area (Å²) < 4.78 is 20.2. The van der Waals surface area contributed by atoms with E-state index in [0.717, 1.165) is 12.8 Å². The Bertz CT molecular complexity index is 908. The summed E-state index contributed by atoms with van der Waals surface area (Å²) in [7, 11) is 0. The lowest BCUT2D eigenvalue weighted by atomic mass is 9.98. The fourth-order valence-corrected chi connectivity index (χ4v) is 3.19. The molecule has 1 fully saturated rings. The SMILES string of the molecule is O=C(CCn1ccc(=O)[nH]c1=O)N1CCC[C@@H](COc2cccc(F)c2)C1. The molecule has 27 heavy (non-hydrogen) atoms. The summed E-state index contributed by atoms with van der Waals surface area (Å²) in [4.78, 5) is 39.1. The summed E-state index contributed by atoms with van der Waals surface area (Å²) >= 11 is 0. The standard InChI is InChI=1S/C19H22FN3O4/c20-15-4-1-5-16(11-15)27-13-14-3-2-8-23(12-14)18(25)7-10-22-9-6-17(24)21-19(22)26/h1,4-6,9,11,14H,2-3,7-8,10,12-13H2,(H,21,24,26)/t14-/m1/s1. The maximum Gasteiger partial charge on any atom is 0.328 e. The molecule has 0 bridgehead atoms. The summed E-state index contributed by atoms with van der Waals surface area (Å²) in [5.41, 5.74) is -0.977. The van der Waals surface area contributed by atoms with Gasteiger partial charge in [-0.3, -0.25) is 14.6 Å². The molecular weight excluding hydrogens is 353 g/mol. The number of aromatic nitrogens is 2. The van der Waals surface area contributed by atoms with Crippen molar-refractivity contribution < 1.29 is 13.9 Å². The molecule has 1 aliphatic heterocycles. The molecule has 0 spiro atoms. The van der Waals surface area contributed by atoms with Gasteiger partial charge in [-0.1, -0.05) is 6.07 Å². The van der Waals surface area contributed by atoms with E-state index in [4.69, 9.17) is 4.74 Å². The van der Waals surface area contributed by atoms with Gasteiger partial charge in [-0.25, -0.2) is 9.18 Å². The van der Waals surface area contributed by atoms with Gasteiger partial charge in [0, 0.05) is 50.3 Å². The fourth-order valence-electron chi connectivity index (χ4n) is 3.19. The number of hydrogen-bond donors (Lipinski definition) is 1. The molecule has 144 valence electrons. The number of piperidine rings is 1. The van der Waals surface area contributed by atoms with Crippen LogP contribution < -0.4 is 16.0 Å². The third-order valence-electron chi connectivity index (χ3n) is 4.62. The average Bonchev–Trinajstić information content (AvgIpc) is 2.66. The number of aryl methyl sites for hydroxylation is 1. The molecule has 1 atom stereocenters. The second kappa shape index (κ2) is 8.66. The van der Waals surface area contributed by atoms with Crippen LogP contribution in [0.1, 0.15) is 19.3 Å². The molecule has 3 rings (SSSR count). The number of carbonyl (C=O) groups is 1. The highest BCUT2D eigenvalue weighted by molar-refractivity contribution is 5.76. The van der Waals surface area contributed by atoms with E-state index in [-0.39, 0.29) is 30.6 Å².